The third-order valence-electron chi connectivity index (χ3n) is 21.9. The number of carbonyl (C=O) groups excluding carboxylic acids is 7. The third-order valence-corrected chi connectivity index (χ3v) is 22.1. The summed E-state index contributed by atoms with van der Waals surface area (Å²) >= 11 is 5.86. The van der Waals surface area contributed by atoms with Gasteiger partial charge in [-0.1, -0.05) is 228 Å². The van der Waals surface area contributed by atoms with Crippen LogP contribution < -0.4 is 27.0 Å². The van der Waals surface area contributed by atoms with E-state index in [9.17, 15) is 82.8 Å². The molecular formula is C112H118ClN5O20. The monoisotopic (exact) mass is 1890 g/mol. The number of primary amides is 1. The highest BCUT2D eigenvalue weighted by atomic mass is 35.5. The van der Waals surface area contributed by atoms with Gasteiger partial charge in [0.1, 0.15) is 0 Å². The molecule has 12 aromatic carbocycles. The van der Waals surface area contributed by atoms with E-state index in [0.717, 1.165) is 117 Å². The molecule has 718 valence electrons. The smallest absolute Gasteiger partial charge is 0.336 e. The van der Waals surface area contributed by atoms with Crippen LogP contribution in [0.5, 0.6) is 0 Å². The lowest BCUT2D eigenvalue weighted by Crippen LogP contribution is -2.18. The minimum absolute atomic E-state index is 0.0120. The fourth-order valence-corrected chi connectivity index (χ4v) is 14.5. The molecule has 13 N–H and O–H groups in total. The van der Waals surface area contributed by atoms with E-state index < -0.39 is 59.4 Å². The highest BCUT2D eigenvalue weighted by Gasteiger charge is 2.25. The lowest BCUT2D eigenvalue weighted by atomic mass is 9.95. The van der Waals surface area contributed by atoms with Crippen molar-refractivity contribution in [1.82, 2.24) is 0 Å². The second-order valence-electron chi connectivity index (χ2n) is 32.8. The van der Waals surface area contributed by atoms with E-state index in [0.29, 0.717) is 51.7 Å². The molecule has 0 unspecified atom stereocenters. The maximum atomic E-state index is 12.5. The fourth-order valence-electron chi connectivity index (χ4n) is 14.3. The first kappa shape index (κ1) is 109. The van der Waals surface area contributed by atoms with E-state index >= 15 is 0 Å². The van der Waals surface area contributed by atoms with Gasteiger partial charge in [-0.05, 0) is 263 Å². The molecule has 0 fully saturated rings. The van der Waals surface area contributed by atoms with Crippen LogP contribution in [0.3, 0.4) is 0 Å². The number of ketones is 2. The van der Waals surface area contributed by atoms with Crippen molar-refractivity contribution in [2.24, 2.45) is 5.73 Å². The number of aromatic carboxylic acids is 6. The number of anilines is 4. The van der Waals surface area contributed by atoms with Gasteiger partial charge >= 0.3 is 35.8 Å². The van der Waals surface area contributed by atoms with Gasteiger partial charge in [-0.25, -0.2) is 28.8 Å². The molecule has 0 saturated heterocycles. The van der Waals surface area contributed by atoms with Gasteiger partial charge in [0.25, 0.3) is 23.6 Å². The largest absolute Gasteiger partial charge is 0.478 e. The molecule has 0 aromatic heterocycles. The van der Waals surface area contributed by atoms with Gasteiger partial charge < -0.3 is 62.7 Å². The molecule has 0 spiro atoms. The minimum Gasteiger partial charge on any atom is -0.478 e. The van der Waals surface area contributed by atoms with Crippen LogP contribution in [0.4, 0.5) is 22.7 Å². The number of halogens is 1. The zero-order valence-corrected chi connectivity index (χ0v) is 79.4. The summed E-state index contributed by atoms with van der Waals surface area (Å²) < 4.78 is 0. The standard InChI is InChI=1S/2C20H22O3.C19H21NO3.C18H18ClNO3.C18H19NO4.C17H16N2O4/c1-3-4-7-15-9-11-16(12-10-15)13-18(21)17-8-5-6-14(2)19(17)20(22)23;1-3-4-5-15-7-9-16(10-8-15)13-19(21)18-12-14(2)6-11-17(18)20(22)23;1-3-4-7-14-9-11-15(12-10-14)20-18(21)17-13(2)6-5-8-16(17)19(22)23;1-2-3-4-12-5-8-14(9-6-12)20-17(21)16-11-13(19)7-10-15(16)18(22)23;1-12-4-9-15(16(11-12)18(22)23)17(21)19-14-7-5-13(6-8-14)3-2-10-20;18-15(20)10-7-11-5-8-12(9-6-11)19-16(21)13-3-1-2-4-14(13)17(22)23/h5-6,8-12H,3-4,7,13H2,1-2H3,(H,22,23);6-12H,3-5,13H2,1-2H3,(H,22,23);5-6,8-12H,3-4,7H2,1-2H3,(H,20,21)(H,22,23);5-11H,2-4H2,1H3,(H,20,21)(H,22,23);4-9,11,20H,2-3,10H2,1H3,(H,19,21)(H,22,23);1-6,8-9H,7,10H2,(H2,18,20)(H,19,21)(H,22,23). The predicted molar refractivity (Wildman–Crippen MR) is 538 cm³/mol. The van der Waals surface area contributed by atoms with Crippen LogP contribution in [-0.2, 0) is 56.2 Å². The Hall–Kier alpha value is -15.6. The van der Waals surface area contributed by atoms with Gasteiger partial charge in [-0.3, -0.25) is 33.6 Å². The number of hydrogen-bond donors (Lipinski definition) is 12. The number of benzene rings is 12. The normalized spacial score (nSPS) is 10.4. The minimum atomic E-state index is -1.17. The lowest BCUT2D eigenvalue weighted by Gasteiger charge is -2.11. The Morgan fingerprint density at radius 1 is 0.275 bits per heavy atom. The predicted octanol–water partition coefficient (Wildman–Crippen LogP) is 22.8. The van der Waals surface area contributed by atoms with E-state index in [-0.39, 0.29) is 110 Å². The van der Waals surface area contributed by atoms with Crippen LogP contribution in [0.25, 0.3) is 0 Å². The molecule has 0 aliphatic heterocycles. The number of amides is 5. The highest BCUT2D eigenvalue weighted by molar-refractivity contribution is 6.31. The Bertz CT molecular complexity index is 5990. The van der Waals surface area contributed by atoms with Gasteiger partial charge in [0, 0.05) is 64.8 Å². The van der Waals surface area contributed by atoms with Crippen LogP contribution in [0, 0.1) is 27.7 Å². The molecule has 0 bridgehead atoms. The van der Waals surface area contributed by atoms with Gasteiger partial charge in [0.2, 0.25) is 5.91 Å². The fraction of sp³-hybridized carbons (Fsp3) is 0.241. The summed E-state index contributed by atoms with van der Waals surface area (Å²) in [4.78, 5) is 153. The topological polar surface area (TPSA) is 438 Å². The average Bonchev–Trinajstić information content (AvgIpc) is 0.920. The second-order valence-corrected chi connectivity index (χ2v) is 33.2. The van der Waals surface area contributed by atoms with E-state index in [1.54, 1.807) is 118 Å². The summed E-state index contributed by atoms with van der Waals surface area (Å²) in [7, 11) is 0. The van der Waals surface area contributed by atoms with Crippen molar-refractivity contribution in [3.8, 4) is 0 Å². The van der Waals surface area contributed by atoms with Crippen LogP contribution in [-0.4, -0.2) is 119 Å². The van der Waals surface area contributed by atoms with E-state index in [1.165, 1.54) is 76.9 Å². The lowest BCUT2D eigenvalue weighted by molar-refractivity contribution is -0.118. The summed E-state index contributed by atoms with van der Waals surface area (Å²) in [6.07, 6.45) is 16.0. The Morgan fingerprint density at radius 3 is 0.957 bits per heavy atom. The van der Waals surface area contributed by atoms with Crippen LogP contribution in [0.1, 0.15) is 283 Å². The number of aliphatic hydroxyl groups excluding tert-OH is 1. The highest BCUT2D eigenvalue weighted by Crippen LogP contribution is 2.26. The van der Waals surface area contributed by atoms with Crippen molar-refractivity contribution < 1.29 is 98.1 Å². The Kier molecular flexibility index (Phi) is 44.8. The number of carboxylic acid groups (broad SMARTS) is 6. The number of aliphatic hydroxyl groups is 1. The van der Waals surface area contributed by atoms with Crippen molar-refractivity contribution in [2.45, 2.75) is 171 Å². The molecule has 0 aliphatic carbocycles. The Morgan fingerprint density at radius 2 is 0.572 bits per heavy atom. The van der Waals surface area contributed by atoms with E-state index in [4.69, 9.17) is 32.7 Å². The summed E-state index contributed by atoms with van der Waals surface area (Å²) in [5.74, 6) is -9.20. The molecule has 25 nitrogen and oxygen atoms in total. The number of nitrogens with two attached hydrogens (primary N) is 1. The van der Waals surface area contributed by atoms with Crippen molar-refractivity contribution in [2.75, 3.05) is 27.9 Å². The average molecular weight is 1890 g/mol. The SMILES string of the molecule is CCCCc1ccc(CC(=O)c2cc(C)ccc2C(=O)O)cc1.CCCCc1ccc(CC(=O)c2cccc(C)c2C(=O)O)cc1.CCCCc1ccc(NC(=O)c2c(C)cccc2C(=O)O)cc1.CCCCc1ccc(NC(=O)c2cc(Cl)ccc2C(=O)O)cc1.Cc1ccc(C(=O)Nc2ccc(CCCO)cc2)c(C(=O)O)c1.NC(=O)CCc1ccc(NC(=O)c2ccccc2C(=O)O)cc1. The number of aryl methyl sites for hydroxylation is 10. The molecule has 0 atom stereocenters. The van der Waals surface area contributed by atoms with E-state index in [1.807, 2.05) is 116 Å². The van der Waals surface area contributed by atoms with Crippen LogP contribution in [0.15, 0.2) is 261 Å². The van der Waals surface area contributed by atoms with Crippen molar-refractivity contribution >= 4 is 111 Å². The number of carboxylic acids is 6. The molecule has 138 heavy (non-hydrogen) atoms. The molecule has 12 aromatic rings. The first-order chi connectivity index (χ1) is 66.0. The summed E-state index contributed by atoms with van der Waals surface area (Å²) in [5, 5.41) is 75.3. The maximum absolute atomic E-state index is 12.5. The summed E-state index contributed by atoms with van der Waals surface area (Å²) in [6, 6.07) is 75.0. The molecular weight excluding hydrogens is 1770 g/mol. The zero-order chi connectivity index (χ0) is 101. The quantitative estimate of drug-likeness (QED) is 0.0160. The molecule has 0 aliphatic rings. The summed E-state index contributed by atoms with van der Waals surface area (Å²) in [6.45, 7) is 15.8. The Balaban J connectivity index is 0.000000225. The first-order valence-electron chi connectivity index (χ1n) is 45.5. The number of unbranched alkanes of at least 4 members (excludes halogenated alkanes) is 4. The zero-order valence-electron chi connectivity index (χ0n) is 78.7. The van der Waals surface area contributed by atoms with Crippen molar-refractivity contribution in [1.29, 1.82) is 0 Å². The number of hydrogen-bond acceptors (Lipinski definition) is 14. The molecule has 5 amide bonds. The molecule has 26 heteroatoms. The number of nitrogens with one attached hydrogen (secondary N) is 4. The number of Topliss-reactive ketones (excluding diaryl/α,β-unsaturated/α-hetero) is 2. The molecule has 0 heterocycles. The molecule has 0 saturated carbocycles. The van der Waals surface area contributed by atoms with Gasteiger partial charge in [0.15, 0.2) is 11.6 Å². The van der Waals surface area contributed by atoms with Crippen LogP contribution >= 0.6 is 11.6 Å². The van der Waals surface area contributed by atoms with Crippen molar-refractivity contribution in [3.05, 3.63) is 399 Å². The first-order valence-corrected chi connectivity index (χ1v) is 45.8. The molecule has 12 rings (SSSR count). The Labute approximate surface area is 808 Å². The second kappa shape index (κ2) is 56.6. The van der Waals surface area contributed by atoms with Gasteiger partial charge in [0.05, 0.1) is 55.6 Å². The molecule has 0 radical (unpaired) electrons. The number of carbonyl (C=O) groups is 13. The van der Waals surface area contributed by atoms with Crippen LogP contribution in [0.2, 0.25) is 5.02 Å². The maximum Gasteiger partial charge on any atom is 0.336 e. The van der Waals surface area contributed by atoms with Gasteiger partial charge in [-0.15, -0.1) is 0 Å². The number of rotatable bonds is 38. The summed E-state index contributed by atoms with van der Waals surface area (Å²) in [5.41, 5.74) is 20.3. The van der Waals surface area contributed by atoms with Crippen molar-refractivity contribution in [3.63, 3.8) is 0 Å². The van der Waals surface area contributed by atoms with E-state index in [2.05, 4.69) is 49.0 Å². The van der Waals surface area contributed by atoms with Gasteiger partial charge in [-0.2, -0.15) is 0 Å². The third kappa shape index (κ3) is 35.7.